The van der Waals surface area contributed by atoms with Crippen LogP contribution in [0, 0.1) is 0 Å². The van der Waals surface area contributed by atoms with E-state index in [1.807, 2.05) is 66.7 Å². The maximum absolute atomic E-state index is 10.8. The third-order valence-electron chi connectivity index (χ3n) is 4.35. The molecule has 0 amide bonds. The molecular weight excluding hydrogens is 312 g/mol. The highest BCUT2D eigenvalue weighted by Gasteiger charge is 2.12. The first-order chi connectivity index (χ1) is 12.2. The molecule has 1 N–H and O–H groups in total. The van der Waals surface area contributed by atoms with Crippen molar-refractivity contribution in [2.24, 2.45) is 0 Å². The van der Waals surface area contributed by atoms with Crippen LogP contribution in [0.2, 0.25) is 0 Å². The average molecular weight is 334 g/mol. The normalized spacial score (nSPS) is 10.5. The van der Waals surface area contributed by atoms with E-state index in [0.717, 1.165) is 33.8 Å². The molecule has 0 unspecified atom stereocenters. The summed E-state index contributed by atoms with van der Waals surface area (Å²) < 4.78 is 10.8. The second-order valence-corrected chi connectivity index (χ2v) is 5.90. The Kier molecular flexibility index (Phi) is 5.24. The third kappa shape index (κ3) is 3.77. The lowest BCUT2D eigenvalue weighted by atomic mass is 9.97. The number of aromatic hydroxyl groups is 1. The minimum atomic E-state index is 0.333. The molecule has 0 aliphatic heterocycles. The monoisotopic (exact) mass is 334 g/mol. The Hall–Kier alpha value is -2.94. The van der Waals surface area contributed by atoms with Crippen LogP contribution in [0.3, 0.4) is 0 Å². The van der Waals surface area contributed by atoms with Gasteiger partial charge in [-0.1, -0.05) is 54.6 Å². The van der Waals surface area contributed by atoms with Crippen molar-refractivity contribution in [1.29, 1.82) is 0 Å². The zero-order valence-corrected chi connectivity index (χ0v) is 14.5. The molecule has 3 nitrogen and oxygen atoms in total. The molecule has 0 aromatic heterocycles. The Morgan fingerprint density at radius 1 is 0.600 bits per heavy atom. The van der Waals surface area contributed by atoms with Crippen LogP contribution in [0.25, 0.3) is 0 Å². The van der Waals surface area contributed by atoms with Crippen molar-refractivity contribution < 1.29 is 14.6 Å². The summed E-state index contributed by atoms with van der Waals surface area (Å²) in [4.78, 5) is 0. The summed E-state index contributed by atoms with van der Waals surface area (Å²) in [7, 11) is 3.33. The molecule has 0 radical (unpaired) electrons. The molecule has 0 aliphatic carbocycles. The van der Waals surface area contributed by atoms with Gasteiger partial charge in [-0.3, -0.25) is 0 Å². The maximum atomic E-state index is 10.8. The van der Waals surface area contributed by atoms with Gasteiger partial charge in [-0.25, -0.2) is 0 Å². The maximum Gasteiger partial charge on any atom is 0.122 e. The van der Waals surface area contributed by atoms with Gasteiger partial charge in [0.05, 0.1) is 14.2 Å². The molecule has 128 valence electrons. The molecule has 0 saturated heterocycles. The lowest BCUT2D eigenvalue weighted by molar-refractivity contribution is 0.409. The number of hydrogen-bond acceptors (Lipinski definition) is 3. The predicted molar refractivity (Wildman–Crippen MR) is 99.7 cm³/mol. The van der Waals surface area contributed by atoms with Crippen LogP contribution in [0.5, 0.6) is 17.2 Å². The van der Waals surface area contributed by atoms with Gasteiger partial charge in [-0.15, -0.1) is 0 Å². The number of rotatable bonds is 6. The smallest absolute Gasteiger partial charge is 0.122 e. The van der Waals surface area contributed by atoms with Gasteiger partial charge < -0.3 is 14.6 Å². The molecule has 0 spiro atoms. The van der Waals surface area contributed by atoms with Crippen molar-refractivity contribution in [3.8, 4) is 17.2 Å². The molecule has 3 heteroatoms. The molecule has 3 aromatic rings. The van der Waals surface area contributed by atoms with E-state index >= 15 is 0 Å². The fraction of sp³-hybridized carbons (Fsp3) is 0.182. The topological polar surface area (TPSA) is 38.7 Å². The van der Waals surface area contributed by atoms with Crippen LogP contribution in [0.1, 0.15) is 22.3 Å². The number of phenols is 1. The zero-order chi connectivity index (χ0) is 17.6. The molecule has 3 rings (SSSR count). The highest BCUT2D eigenvalue weighted by atomic mass is 16.5. The average Bonchev–Trinajstić information content (AvgIpc) is 2.66. The summed E-state index contributed by atoms with van der Waals surface area (Å²) in [5.41, 5.74) is 3.87. The fourth-order valence-corrected chi connectivity index (χ4v) is 3.04. The first-order valence-electron chi connectivity index (χ1n) is 8.26. The van der Waals surface area contributed by atoms with Crippen molar-refractivity contribution in [1.82, 2.24) is 0 Å². The lowest BCUT2D eigenvalue weighted by Gasteiger charge is -2.13. The van der Waals surface area contributed by atoms with Crippen molar-refractivity contribution in [3.63, 3.8) is 0 Å². The number of phenolic OH excluding ortho intramolecular Hbond substituents is 1. The van der Waals surface area contributed by atoms with Crippen LogP contribution in [0.15, 0.2) is 66.7 Å². The van der Waals surface area contributed by atoms with Gasteiger partial charge >= 0.3 is 0 Å². The quantitative estimate of drug-likeness (QED) is 0.716. The lowest BCUT2D eigenvalue weighted by Crippen LogP contribution is -1.98. The molecule has 0 aliphatic rings. The van der Waals surface area contributed by atoms with Crippen LogP contribution >= 0.6 is 0 Å². The standard InChI is InChI=1S/C22H22O3/c1-24-20-12-5-3-8-16(20)14-18-10-7-11-19(22(18)23)15-17-9-4-6-13-21(17)25-2/h3-13,23H,14-15H2,1-2H3. The van der Waals surface area contributed by atoms with Gasteiger partial charge in [0.2, 0.25) is 0 Å². The Labute approximate surface area is 148 Å². The van der Waals surface area contributed by atoms with Crippen molar-refractivity contribution in [2.75, 3.05) is 14.2 Å². The molecular formula is C22H22O3. The van der Waals surface area contributed by atoms with E-state index in [0.29, 0.717) is 18.6 Å². The minimum absolute atomic E-state index is 0.333. The second kappa shape index (κ2) is 7.75. The minimum Gasteiger partial charge on any atom is -0.507 e. The van der Waals surface area contributed by atoms with Gasteiger partial charge in [0.15, 0.2) is 0 Å². The van der Waals surface area contributed by atoms with Crippen LogP contribution in [-0.4, -0.2) is 19.3 Å². The van der Waals surface area contributed by atoms with E-state index in [4.69, 9.17) is 9.47 Å². The first-order valence-corrected chi connectivity index (χ1v) is 8.26. The third-order valence-corrected chi connectivity index (χ3v) is 4.35. The Bertz CT molecular complexity index is 788. The molecule has 3 aromatic carbocycles. The van der Waals surface area contributed by atoms with Crippen LogP contribution in [0.4, 0.5) is 0 Å². The van der Waals surface area contributed by atoms with Crippen LogP contribution in [-0.2, 0) is 12.8 Å². The number of hydrogen-bond donors (Lipinski definition) is 1. The second-order valence-electron chi connectivity index (χ2n) is 5.90. The molecule has 0 fully saturated rings. The number of para-hydroxylation sites is 3. The van der Waals surface area contributed by atoms with Gasteiger partial charge in [0.1, 0.15) is 17.2 Å². The summed E-state index contributed by atoms with van der Waals surface area (Å²) >= 11 is 0. The Morgan fingerprint density at radius 3 is 1.44 bits per heavy atom. The van der Waals surface area contributed by atoms with Crippen molar-refractivity contribution in [3.05, 3.63) is 89.0 Å². The molecule has 0 bridgehead atoms. The van der Waals surface area contributed by atoms with Gasteiger partial charge in [-0.2, -0.15) is 0 Å². The summed E-state index contributed by atoms with van der Waals surface area (Å²) in [6.07, 6.45) is 1.24. The van der Waals surface area contributed by atoms with Gasteiger partial charge in [-0.05, 0) is 34.4 Å². The highest BCUT2D eigenvalue weighted by Crippen LogP contribution is 2.31. The summed E-state index contributed by atoms with van der Waals surface area (Å²) in [6, 6.07) is 21.6. The van der Waals surface area contributed by atoms with Gasteiger partial charge in [0.25, 0.3) is 0 Å². The summed E-state index contributed by atoms with van der Waals surface area (Å²) in [5, 5.41) is 10.8. The van der Waals surface area contributed by atoms with Crippen LogP contribution < -0.4 is 9.47 Å². The zero-order valence-electron chi connectivity index (χ0n) is 14.5. The SMILES string of the molecule is COc1ccccc1Cc1cccc(Cc2ccccc2OC)c1O. The first kappa shape index (κ1) is 16.9. The van der Waals surface area contributed by atoms with E-state index in [2.05, 4.69) is 0 Å². The number of methoxy groups -OCH3 is 2. The highest BCUT2D eigenvalue weighted by molar-refractivity contribution is 5.48. The Morgan fingerprint density at radius 2 is 1.00 bits per heavy atom. The van der Waals surface area contributed by atoms with E-state index in [1.165, 1.54) is 0 Å². The number of benzene rings is 3. The van der Waals surface area contributed by atoms with Crippen molar-refractivity contribution in [2.45, 2.75) is 12.8 Å². The Balaban J connectivity index is 1.90. The molecule has 0 heterocycles. The van der Waals surface area contributed by atoms with E-state index in [-0.39, 0.29) is 0 Å². The molecule has 25 heavy (non-hydrogen) atoms. The fourth-order valence-electron chi connectivity index (χ4n) is 3.04. The van der Waals surface area contributed by atoms with E-state index in [9.17, 15) is 5.11 Å². The van der Waals surface area contributed by atoms with Gasteiger partial charge in [0, 0.05) is 12.8 Å². The van der Waals surface area contributed by atoms with Crippen molar-refractivity contribution >= 4 is 0 Å². The summed E-state index contributed by atoms with van der Waals surface area (Å²) in [6.45, 7) is 0. The molecule has 0 atom stereocenters. The number of ether oxygens (including phenoxy) is 2. The van der Waals surface area contributed by atoms with E-state index < -0.39 is 0 Å². The summed E-state index contributed by atoms with van der Waals surface area (Å²) in [5.74, 6) is 1.99. The molecule has 0 saturated carbocycles. The predicted octanol–water partition coefficient (Wildman–Crippen LogP) is 4.59. The largest absolute Gasteiger partial charge is 0.507 e. The van der Waals surface area contributed by atoms with E-state index in [1.54, 1.807) is 14.2 Å².